The van der Waals surface area contributed by atoms with Gasteiger partial charge in [-0.05, 0) is 42.0 Å². The molecule has 0 fully saturated rings. The van der Waals surface area contributed by atoms with Crippen molar-refractivity contribution in [1.82, 2.24) is 4.57 Å². The Morgan fingerprint density at radius 2 is 1.59 bits per heavy atom. The molecule has 27 heavy (non-hydrogen) atoms. The monoisotopic (exact) mass is 354 g/mol. The summed E-state index contributed by atoms with van der Waals surface area (Å²) in [5.41, 5.74) is 5.11. The lowest BCUT2D eigenvalue weighted by atomic mass is 9.94. The smallest absolute Gasteiger partial charge is 0.197 e. The number of ketones is 1. The van der Waals surface area contributed by atoms with Crippen LogP contribution < -0.4 is 10.3 Å². The lowest BCUT2D eigenvalue weighted by molar-refractivity contribution is 0.0993. The largest absolute Gasteiger partial charge is 0.344 e. The molecule has 0 atom stereocenters. The van der Waals surface area contributed by atoms with Crippen LogP contribution in [0.3, 0.4) is 0 Å². The predicted molar refractivity (Wildman–Crippen MR) is 109 cm³/mol. The highest BCUT2D eigenvalue weighted by molar-refractivity contribution is 6.07. The second-order valence-electron chi connectivity index (χ2n) is 7.08. The number of aromatic nitrogens is 1. The quantitative estimate of drug-likeness (QED) is 0.445. The molecule has 0 spiro atoms. The van der Waals surface area contributed by atoms with Gasteiger partial charge in [-0.1, -0.05) is 24.3 Å². The summed E-state index contributed by atoms with van der Waals surface area (Å²) in [4.78, 5) is 28.2. The summed E-state index contributed by atoms with van der Waals surface area (Å²) >= 11 is 0. The molecule has 0 radical (unpaired) electrons. The van der Waals surface area contributed by atoms with Gasteiger partial charge in [0.05, 0.1) is 16.7 Å². The van der Waals surface area contributed by atoms with Crippen LogP contribution in [-0.2, 0) is 13.5 Å². The van der Waals surface area contributed by atoms with Gasteiger partial charge < -0.3 is 9.47 Å². The summed E-state index contributed by atoms with van der Waals surface area (Å²) in [5, 5.41) is 1.35. The molecule has 2 bridgehead atoms. The van der Waals surface area contributed by atoms with Crippen LogP contribution in [-0.4, -0.2) is 17.4 Å². The lowest BCUT2D eigenvalue weighted by Gasteiger charge is -2.26. The first kappa shape index (κ1) is 15.8. The van der Waals surface area contributed by atoms with E-state index in [1.807, 2.05) is 84.2 Å². The molecule has 5 rings (SSSR count). The fraction of sp³-hybridized carbons (Fsp3) is 0.130. The van der Waals surface area contributed by atoms with E-state index in [1.165, 1.54) is 0 Å². The van der Waals surface area contributed by atoms with Crippen LogP contribution >= 0.6 is 0 Å². The maximum atomic E-state index is 13.2. The lowest BCUT2D eigenvalue weighted by Crippen LogP contribution is -2.20. The number of rotatable bonds is 0. The van der Waals surface area contributed by atoms with Gasteiger partial charge in [-0.15, -0.1) is 0 Å². The molecule has 132 valence electrons. The Kier molecular flexibility index (Phi) is 3.25. The molecule has 3 aromatic carbocycles. The minimum Gasteiger partial charge on any atom is -0.344 e. The molecular weight excluding hydrogens is 336 g/mol. The van der Waals surface area contributed by atoms with Crippen molar-refractivity contribution in [1.29, 1.82) is 0 Å². The first-order valence-electron chi connectivity index (χ1n) is 8.96. The Morgan fingerprint density at radius 3 is 2.44 bits per heavy atom. The van der Waals surface area contributed by atoms with E-state index in [2.05, 4.69) is 0 Å². The van der Waals surface area contributed by atoms with Crippen molar-refractivity contribution in [2.45, 2.75) is 6.42 Å². The Balaban J connectivity index is 1.94. The second-order valence-corrected chi connectivity index (χ2v) is 7.08. The average Bonchev–Trinajstić information content (AvgIpc) is 2.70. The number of benzene rings is 3. The molecule has 1 aliphatic heterocycles. The predicted octanol–water partition coefficient (Wildman–Crippen LogP) is 4.20. The number of Topliss-reactive ketones (excluding diaryl/α,β-unsaturated/α-hetero) is 1. The molecule has 4 aromatic rings. The number of para-hydroxylation sites is 2. The van der Waals surface area contributed by atoms with Crippen molar-refractivity contribution in [3.63, 3.8) is 0 Å². The fourth-order valence-electron chi connectivity index (χ4n) is 4.21. The minimum absolute atomic E-state index is 0.0107. The summed E-state index contributed by atoms with van der Waals surface area (Å²) in [6, 6.07) is 19.2. The highest BCUT2D eigenvalue weighted by Gasteiger charge is 2.23. The molecular formula is C23H18N2O2. The molecule has 0 saturated carbocycles. The van der Waals surface area contributed by atoms with Gasteiger partial charge in [0.1, 0.15) is 0 Å². The van der Waals surface area contributed by atoms with E-state index in [0.29, 0.717) is 16.3 Å². The zero-order chi connectivity index (χ0) is 18.7. The third-order valence-electron chi connectivity index (χ3n) is 5.57. The normalized spacial score (nSPS) is 13.6. The SMILES string of the molecule is CN1c2cc(c3c(c2)c(=O)c2ccccc2n3C)CC(=O)c2ccccc21. The number of hydrogen-bond acceptors (Lipinski definition) is 3. The summed E-state index contributed by atoms with van der Waals surface area (Å²) in [6.45, 7) is 0. The third-order valence-corrected chi connectivity index (χ3v) is 5.57. The van der Waals surface area contributed by atoms with Crippen LogP contribution in [0.2, 0.25) is 0 Å². The van der Waals surface area contributed by atoms with Crippen LogP contribution in [0.1, 0.15) is 15.9 Å². The van der Waals surface area contributed by atoms with Crippen molar-refractivity contribution in [3.05, 3.63) is 82.0 Å². The van der Waals surface area contributed by atoms with Crippen molar-refractivity contribution < 1.29 is 4.79 Å². The first-order valence-corrected chi connectivity index (χ1v) is 8.96. The maximum absolute atomic E-state index is 13.2. The number of aryl methyl sites for hydroxylation is 1. The van der Waals surface area contributed by atoms with Crippen LogP contribution in [0.4, 0.5) is 11.4 Å². The molecule has 4 heteroatoms. The summed E-state index contributed by atoms with van der Waals surface area (Å²) in [5.74, 6) is 0.0659. The number of carbonyl (C=O) groups excluding carboxylic acids is 1. The van der Waals surface area contributed by atoms with E-state index in [0.717, 1.165) is 28.0 Å². The van der Waals surface area contributed by atoms with Crippen LogP contribution in [0, 0.1) is 0 Å². The highest BCUT2D eigenvalue weighted by Crippen LogP contribution is 2.35. The molecule has 4 nitrogen and oxygen atoms in total. The van der Waals surface area contributed by atoms with Gasteiger partial charge in [-0.25, -0.2) is 0 Å². The maximum Gasteiger partial charge on any atom is 0.197 e. The molecule has 0 amide bonds. The molecule has 0 N–H and O–H groups in total. The minimum atomic E-state index is 0.0107. The van der Waals surface area contributed by atoms with E-state index in [-0.39, 0.29) is 17.6 Å². The third kappa shape index (κ3) is 2.16. The van der Waals surface area contributed by atoms with Crippen LogP contribution in [0.25, 0.3) is 21.8 Å². The van der Waals surface area contributed by atoms with Gasteiger partial charge in [0, 0.05) is 42.5 Å². The number of carbonyl (C=O) groups is 1. The van der Waals surface area contributed by atoms with Gasteiger partial charge in [-0.3, -0.25) is 9.59 Å². The van der Waals surface area contributed by atoms with Crippen molar-refractivity contribution in [3.8, 4) is 0 Å². The van der Waals surface area contributed by atoms with Gasteiger partial charge in [-0.2, -0.15) is 0 Å². The Morgan fingerprint density at radius 1 is 0.852 bits per heavy atom. The topological polar surface area (TPSA) is 42.3 Å². The standard InChI is InChI=1S/C23H18N2O2/c1-24-15-11-14(12-21(26)16-7-3-5-9-19(16)24)22-18(13-15)23(27)17-8-4-6-10-20(17)25(22)2/h3-11,13H,12H2,1-2H3. The second kappa shape index (κ2) is 5.55. The molecule has 0 aliphatic carbocycles. The molecule has 0 unspecified atom stereocenters. The number of nitrogens with zero attached hydrogens (tertiary/aromatic N) is 2. The number of anilines is 2. The van der Waals surface area contributed by atoms with Gasteiger partial charge in [0.15, 0.2) is 11.2 Å². The van der Waals surface area contributed by atoms with E-state index in [4.69, 9.17) is 0 Å². The fourth-order valence-corrected chi connectivity index (χ4v) is 4.21. The van der Waals surface area contributed by atoms with E-state index in [9.17, 15) is 9.59 Å². The van der Waals surface area contributed by atoms with Gasteiger partial charge in [0.25, 0.3) is 0 Å². The Labute approximate surface area is 156 Å². The van der Waals surface area contributed by atoms with E-state index in [1.54, 1.807) is 0 Å². The zero-order valence-electron chi connectivity index (χ0n) is 15.2. The van der Waals surface area contributed by atoms with Crippen molar-refractivity contribution >= 4 is 39.0 Å². The summed E-state index contributed by atoms with van der Waals surface area (Å²) in [6.07, 6.45) is 0.279. The van der Waals surface area contributed by atoms with Crippen LogP contribution in [0.15, 0.2) is 65.5 Å². The molecule has 1 aromatic heterocycles. The molecule has 2 heterocycles. The number of hydrogen-bond donors (Lipinski definition) is 0. The number of pyridine rings is 1. The number of fused-ring (bicyclic) bond motifs is 6. The summed E-state index contributed by atoms with van der Waals surface area (Å²) < 4.78 is 2.03. The Hall–Kier alpha value is -3.40. The van der Waals surface area contributed by atoms with E-state index >= 15 is 0 Å². The summed E-state index contributed by atoms with van der Waals surface area (Å²) in [7, 11) is 3.90. The average molecular weight is 354 g/mol. The van der Waals surface area contributed by atoms with E-state index < -0.39 is 0 Å². The van der Waals surface area contributed by atoms with Crippen molar-refractivity contribution in [2.24, 2.45) is 7.05 Å². The van der Waals surface area contributed by atoms with Gasteiger partial charge >= 0.3 is 0 Å². The first-order chi connectivity index (χ1) is 13.1. The zero-order valence-corrected chi connectivity index (χ0v) is 15.2. The molecule has 1 aliphatic rings. The van der Waals surface area contributed by atoms with Crippen molar-refractivity contribution in [2.75, 3.05) is 11.9 Å². The van der Waals surface area contributed by atoms with Gasteiger partial charge in [0.2, 0.25) is 0 Å². The molecule has 0 saturated heterocycles. The van der Waals surface area contributed by atoms with Crippen LogP contribution in [0.5, 0.6) is 0 Å². The highest BCUT2D eigenvalue weighted by atomic mass is 16.1. The Bertz CT molecular complexity index is 1320.